The Labute approximate surface area is 153 Å². The van der Waals surface area contributed by atoms with E-state index in [0.29, 0.717) is 11.3 Å². The molecule has 4 nitrogen and oxygen atoms in total. The van der Waals surface area contributed by atoms with Crippen molar-refractivity contribution in [3.8, 4) is 0 Å². The van der Waals surface area contributed by atoms with Gasteiger partial charge in [0.05, 0.1) is 27.5 Å². The van der Waals surface area contributed by atoms with Crippen molar-refractivity contribution in [2.24, 2.45) is 0 Å². The maximum Gasteiger partial charge on any atom is 0.238 e. The van der Waals surface area contributed by atoms with Gasteiger partial charge in [-0.1, -0.05) is 54.2 Å². The van der Waals surface area contributed by atoms with Crippen LogP contribution in [0.15, 0.2) is 59.6 Å². The second-order valence-corrected chi connectivity index (χ2v) is 7.62. The lowest BCUT2D eigenvalue weighted by Crippen LogP contribution is -2.30. The zero-order chi connectivity index (χ0) is 17.2. The summed E-state index contributed by atoms with van der Waals surface area (Å²) in [4.78, 5) is 30.8. The lowest BCUT2D eigenvalue weighted by molar-refractivity contribution is -0.125. The van der Waals surface area contributed by atoms with Crippen molar-refractivity contribution in [3.05, 3.63) is 70.2 Å². The van der Waals surface area contributed by atoms with Crippen molar-refractivity contribution in [1.29, 1.82) is 0 Å². The first kappa shape index (κ1) is 16.1. The van der Waals surface area contributed by atoms with E-state index in [-0.39, 0.29) is 18.2 Å². The van der Waals surface area contributed by atoms with Crippen LogP contribution in [0.1, 0.15) is 15.4 Å². The second-order valence-electron chi connectivity index (χ2n) is 5.56. The maximum absolute atomic E-state index is 12.4. The second kappa shape index (κ2) is 6.82. The highest BCUT2D eigenvalue weighted by molar-refractivity contribution is 8.04. The highest BCUT2D eigenvalue weighted by Crippen LogP contribution is 2.32. The summed E-state index contributed by atoms with van der Waals surface area (Å²) in [5.74, 6) is 0.256. The van der Waals surface area contributed by atoms with E-state index in [1.165, 1.54) is 11.8 Å². The van der Waals surface area contributed by atoms with Crippen molar-refractivity contribution in [3.63, 3.8) is 0 Å². The summed E-state index contributed by atoms with van der Waals surface area (Å²) in [6.45, 7) is 0.0621. The van der Waals surface area contributed by atoms with Gasteiger partial charge in [-0.25, -0.2) is 4.98 Å². The van der Waals surface area contributed by atoms with Gasteiger partial charge in [0.1, 0.15) is 5.01 Å². The van der Waals surface area contributed by atoms with Crippen LogP contribution in [0.2, 0.25) is 0 Å². The van der Waals surface area contributed by atoms with Crippen molar-refractivity contribution < 1.29 is 9.59 Å². The number of benzene rings is 2. The zero-order valence-corrected chi connectivity index (χ0v) is 14.8. The van der Waals surface area contributed by atoms with Crippen LogP contribution in [0.5, 0.6) is 0 Å². The van der Waals surface area contributed by atoms with E-state index < -0.39 is 0 Å². The molecule has 0 N–H and O–H groups in total. The summed E-state index contributed by atoms with van der Waals surface area (Å²) in [6.07, 6.45) is 1.90. The number of hydrogen-bond donors (Lipinski definition) is 0. The van der Waals surface area contributed by atoms with Gasteiger partial charge in [0.15, 0.2) is 5.78 Å². The van der Waals surface area contributed by atoms with Crippen molar-refractivity contribution in [2.45, 2.75) is 0 Å². The van der Waals surface area contributed by atoms with Gasteiger partial charge >= 0.3 is 0 Å². The molecule has 1 fully saturated rings. The molecular weight excluding hydrogens is 352 g/mol. The van der Waals surface area contributed by atoms with E-state index in [0.717, 1.165) is 20.3 Å². The molecule has 6 heteroatoms. The van der Waals surface area contributed by atoms with Gasteiger partial charge in [-0.2, -0.15) is 0 Å². The third kappa shape index (κ3) is 3.36. The van der Waals surface area contributed by atoms with Crippen molar-refractivity contribution >= 4 is 51.1 Å². The number of thioether (sulfide) groups is 1. The largest absolute Gasteiger partial charge is 0.298 e. The first-order valence-electron chi connectivity index (χ1n) is 7.79. The van der Waals surface area contributed by atoms with Gasteiger partial charge in [0, 0.05) is 11.6 Å². The van der Waals surface area contributed by atoms with E-state index >= 15 is 0 Å². The number of carbonyl (C=O) groups excluding carboxylic acids is 2. The number of ketones is 1. The molecular formula is C19H14N2O2S2. The fraction of sp³-hybridized carbons (Fsp3) is 0.105. The van der Waals surface area contributed by atoms with E-state index in [2.05, 4.69) is 4.98 Å². The molecule has 0 unspecified atom stereocenters. The Morgan fingerprint density at radius 3 is 2.68 bits per heavy atom. The summed E-state index contributed by atoms with van der Waals surface area (Å²) in [6, 6.07) is 17.0. The first-order valence-corrected chi connectivity index (χ1v) is 9.59. The Hall–Kier alpha value is -2.44. The average Bonchev–Trinajstić information content (AvgIpc) is 3.20. The molecule has 0 aliphatic carbocycles. The Balaban J connectivity index is 1.60. The van der Waals surface area contributed by atoms with Gasteiger partial charge in [0.25, 0.3) is 0 Å². The fourth-order valence-corrected chi connectivity index (χ4v) is 4.54. The molecule has 0 bridgehead atoms. The highest BCUT2D eigenvalue weighted by Gasteiger charge is 2.29. The number of thiazole rings is 1. The predicted molar refractivity (Wildman–Crippen MR) is 103 cm³/mol. The molecule has 0 atom stereocenters. The molecule has 1 aromatic heterocycles. The summed E-state index contributed by atoms with van der Waals surface area (Å²) >= 11 is 3.03. The Kier molecular flexibility index (Phi) is 4.38. The number of carbonyl (C=O) groups is 2. The number of hydrogen-bond acceptors (Lipinski definition) is 5. The normalized spacial score (nSPS) is 16.1. The van der Waals surface area contributed by atoms with Gasteiger partial charge in [0.2, 0.25) is 5.91 Å². The highest BCUT2D eigenvalue weighted by atomic mass is 32.2. The maximum atomic E-state index is 12.4. The van der Waals surface area contributed by atoms with E-state index in [4.69, 9.17) is 0 Å². The van der Waals surface area contributed by atoms with E-state index in [9.17, 15) is 9.59 Å². The minimum Gasteiger partial charge on any atom is -0.298 e. The van der Waals surface area contributed by atoms with Crippen LogP contribution in [-0.4, -0.2) is 33.9 Å². The third-order valence-electron chi connectivity index (χ3n) is 3.87. The van der Waals surface area contributed by atoms with Crippen molar-refractivity contribution in [2.75, 3.05) is 12.3 Å². The van der Waals surface area contributed by atoms with Gasteiger partial charge in [-0.05, 0) is 12.1 Å². The number of fused-ring (bicyclic) bond motifs is 1. The standard InChI is InChI=1S/C19H14N2O2S2/c22-15(13-6-2-1-3-7-13)11-21-18(23)12-24-19(21)10-17-20-14-8-4-5-9-16(14)25-17/h1-10H,11-12H2/b19-10-. The number of nitrogens with zero attached hydrogens (tertiary/aromatic N) is 2. The number of Topliss-reactive ketones (excluding diaryl/α,β-unsaturated/α-hetero) is 1. The number of rotatable bonds is 4. The molecule has 1 saturated heterocycles. The summed E-state index contributed by atoms with van der Waals surface area (Å²) in [7, 11) is 0. The Bertz CT molecular complexity index is 946. The SMILES string of the molecule is O=C(CN1C(=O)CS/C1=C\c1nc2ccccc2s1)c1ccccc1. The Morgan fingerprint density at radius 1 is 1.12 bits per heavy atom. The van der Waals surface area contributed by atoms with Crippen LogP contribution in [0.3, 0.4) is 0 Å². The summed E-state index contributed by atoms with van der Waals surface area (Å²) < 4.78 is 1.11. The molecule has 4 rings (SSSR count). The minimum absolute atomic E-state index is 0.0401. The quantitative estimate of drug-likeness (QED) is 0.654. The molecule has 0 radical (unpaired) electrons. The molecule has 1 aliphatic rings. The van der Waals surface area contributed by atoms with E-state index in [1.54, 1.807) is 28.4 Å². The molecule has 124 valence electrons. The van der Waals surface area contributed by atoms with Crippen LogP contribution in [0.4, 0.5) is 0 Å². The molecule has 1 aliphatic heterocycles. The number of para-hydroxylation sites is 1. The van der Waals surface area contributed by atoms with Gasteiger partial charge in [-0.3, -0.25) is 14.5 Å². The van der Waals surface area contributed by atoms with Crippen molar-refractivity contribution in [1.82, 2.24) is 9.88 Å². The number of aromatic nitrogens is 1. The smallest absolute Gasteiger partial charge is 0.238 e. The zero-order valence-electron chi connectivity index (χ0n) is 13.2. The number of amides is 1. The van der Waals surface area contributed by atoms with Crippen LogP contribution >= 0.6 is 23.1 Å². The predicted octanol–water partition coefficient (Wildman–Crippen LogP) is 4.05. The third-order valence-corrected chi connectivity index (χ3v) is 5.87. The van der Waals surface area contributed by atoms with Crippen LogP contribution in [0.25, 0.3) is 16.3 Å². The molecule has 0 spiro atoms. The summed E-state index contributed by atoms with van der Waals surface area (Å²) in [5, 5.41) is 1.63. The summed E-state index contributed by atoms with van der Waals surface area (Å²) in [5.41, 5.74) is 1.56. The molecule has 0 saturated carbocycles. The topological polar surface area (TPSA) is 50.3 Å². The first-order chi connectivity index (χ1) is 12.2. The monoisotopic (exact) mass is 366 g/mol. The fourth-order valence-electron chi connectivity index (χ4n) is 2.62. The van der Waals surface area contributed by atoms with Gasteiger partial charge in [-0.15, -0.1) is 11.3 Å². The molecule has 1 amide bonds. The lowest BCUT2D eigenvalue weighted by Gasteiger charge is -2.15. The van der Waals surface area contributed by atoms with Gasteiger partial charge < -0.3 is 0 Å². The minimum atomic E-state index is -0.0633. The van der Waals surface area contributed by atoms with Crippen LogP contribution in [-0.2, 0) is 4.79 Å². The van der Waals surface area contributed by atoms with Crippen LogP contribution in [0, 0.1) is 0 Å². The average molecular weight is 366 g/mol. The van der Waals surface area contributed by atoms with Crippen LogP contribution < -0.4 is 0 Å². The molecule has 25 heavy (non-hydrogen) atoms. The molecule has 3 aromatic rings. The van der Waals surface area contributed by atoms with E-state index in [1.807, 2.05) is 48.5 Å². The Morgan fingerprint density at radius 2 is 1.88 bits per heavy atom. The lowest BCUT2D eigenvalue weighted by atomic mass is 10.1. The molecule has 2 aromatic carbocycles. The molecule has 2 heterocycles.